The first-order valence-electron chi connectivity index (χ1n) is 6.31. The predicted octanol–water partition coefficient (Wildman–Crippen LogP) is 3.68. The topological polar surface area (TPSA) is 52.7 Å². The van der Waals surface area contributed by atoms with Crippen LogP contribution < -0.4 is 0 Å². The summed E-state index contributed by atoms with van der Waals surface area (Å²) in [5.41, 5.74) is 3.41. The number of imidazole rings is 1. The van der Waals surface area contributed by atoms with Gasteiger partial charge in [0.15, 0.2) is 5.65 Å². The third kappa shape index (κ3) is 3.24. The van der Waals surface area contributed by atoms with Gasteiger partial charge in [0, 0.05) is 12.4 Å². The quantitative estimate of drug-likeness (QED) is 0.609. The molecule has 0 amide bonds. The van der Waals surface area contributed by atoms with E-state index in [1.807, 2.05) is 57.5 Å². The van der Waals surface area contributed by atoms with Crippen LogP contribution in [-0.2, 0) is 11.4 Å². The Kier molecular flexibility index (Phi) is 4.27. The van der Waals surface area contributed by atoms with E-state index >= 15 is 0 Å². The minimum absolute atomic E-state index is 0.364. The predicted molar refractivity (Wildman–Crippen MR) is 87.7 cm³/mol. The SMILES string of the molecule is C/C(=N\[S+]([O-])C(C)(C)C)c1cn2cc(C)cc(Br)c2n1. The Balaban J connectivity index is 2.43. The second-order valence-corrected chi connectivity index (χ2v) is 8.52. The van der Waals surface area contributed by atoms with Gasteiger partial charge in [-0.3, -0.25) is 0 Å². The van der Waals surface area contributed by atoms with Crippen molar-refractivity contribution in [3.63, 3.8) is 0 Å². The minimum atomic E-state index is -1.27. The second kappa shape index (κ2) is 5.50. The number of rotatable bonds is 2. The van der Waals surface area contributed by atoms with Gasteiger partial charge < -0.3 is 8.95 Å². The Hall–Kier alpha value is -0.850. The lowest BCUT2D eigenvalue weighted by atomic mass is 10.3. The molecule has 0 aromatic carbocycles. The van der Waals surface area contributed by atoms with Gasteiger partial charge in [0.05, 0.1) is 4.47 Å². The van der Waals surface area contributed by atoms with Gasteiger partial charge in [-0.2, -0.15) is 0 Å². The third-order valence-electron chi connectivity index (χ3n) is 2.76. The average Bonchev–Trinajstić information content (AvgIpc) is 2.71. The van der Waals surface area contributed by atoms with Gasteiger partial charge in [-0.25, -0.2) is 4.98 Å². The summed E-state index contributed by atoms with van der Waals surface area (Å²) in [6.45, 7) is 9.59. The molecule has 1 unspecified atom stereocenters. The Morgan fingerprint density at radius 2 is 2.05 bits per heavy atom. The van der Waals surface area contributed by atoms with Gasteiger partial charge in [0.1, 0.15) is 27.5 Å². The number of hydrogen-bond acceptors (Lipinski definition) is 3. The second-order valence-electron chi connectivity index (χ2n) is 5.76. The summed E-state index contributed by atoms with van der Waals surface area (Å²) in [6, 6.07) is 2.02. The van der Waals surface area contributed by atoms with Crippen LogP contribution >= 0.6 is 15.9 Å². The number of aromatic nitrogens is 2. The highest BCUT2D eigenvalue weighted by atomic mass is 79.9. The van der Waals surface area contributed by atoms with E-state index in [2.05, 4.69) is 25.3 Å². The van der Waals surface area contributed by atoms with Crippen LogP contribution in [0.25, 0.3) is 5.65 Å². The van der Waals surface area contributed by atoms with Gasteiger partial charge in [-0.05, 0) is 62.2 Å². The molecule has 4 nitrogen and oxygen atoms in total. The van der Waals surface area contributed by atoms with Crippen LogP contribution in [0, 0.1) is 6.92 Å². The molecule has 0 spiro atoms. The molecule has 0 N–H and O–H groups in total. The number of pyridine rings is 1. The first-order valence-corrected chi connectivity index (χ1v) is 8.21. The van der Waals surface area contributed by atoms with E-state index in [0.717, 1.165) is 21.4 Å². The van der Waals surface area contributed by atoms with Crippen molar-refractivity contribution < 1.29 is 4.55 Å². The van der Waals surface area contributed by atoms with Gasteiger partial charge in [-0.1, -0.05) is 4.40 Å². The largest absolute Gasteiger partial charge is 0.591 e. The van der Waals surface area contributed by atoms with Crippen molar-refractivity contribution >= 4 is 38.7 Å². The summed E-state index contributed by atoms with van der Waals surface area (Å²) < 4.78 is 18.9. The first-order chi connectivity index (χ1) is 9.18. The van der Waals surface area contributed by atoms with Gasteiger partial charge in [-0.15, -0.1) is 0 Å². The zero-order valence-corrected chi connectivity index (χ0v) is 14.7. The fourth-order valence-electron chi connectivity index (χ4n) is 1.67. The Morgan fingerprint density at radius 1 is 1.40 bits per heavy atom. The minimum Gasteiger partial charge on any atom is -0.591 e. The summed E-state index contributed by atoms with van der Waals surface area (Å²) in [5, 5.41) is 0. The molecular formula is C14H18BrN3OS. The van der Waals surface area contributed by atoms with Gasteiger partial charge in [0.2, 0.25) is 0 Å². The molecule has 20 heavy (non-hydrogen) atoms. The lowest BCUT2D eigenvalue weighted by molar-refractivity contribution is 0.561. The highest BCUT2D eigenvalue weighted by Crippen LogP contribution is 2.21. The molecule has 0 saturated carbocycles. The molecule has 2 rings (SSSR count). The van der Waals surface area contributed by atoms with Crippen molar-refractivity contribution in [2.75, 3.05) is 0 Å². The van der Waals surface area contributed by atoms with Crippen LogP contribution in [0.3, 0.4) is 0 Å². The number of halogens is 1. The molecule has 0 saturated heterocycles. The fraction of sp³-hybridized carbons (Fsp3) is 0.429. The van der Waals surface area contributed by atoms with E-state index in [1.54, 1.807) is 0 Å². The zero-order chi connectivity index (χ0) is 15.1. The van der Waals surface area contributed by atoms with Crippen LogP contribution in [0.15, 0.2) is 27.3 Å². The molecule has 2 heterocycles. The van der Waals surface area contributed by atoms with Crippen molar-refractivity contribution in [3.05, 3.63) is 34.2 Å². The lowest BCUT2D eigenvalue weighted by Crippen LogP contribution is -2.26. The maximum Gasteiger partial charge on any atom is 0.151 e. The van der Waals surface area contributed by atoms with E-state index in [0.29, 0.717) is 5.71 Å². The number of hydrogen-bond donors (Lipinski definition) is 0. The normalized spacial score (nSPS) is 14.8. The summed E-state index contributed by atoms with van der Waals surface area (Å²) in [5.74, 6) is 0. The molecule has 0 aliphatic rings. The van der Waals surface area contributed by atoms with E-state index in [9.17, 15) is 4.55 Å². The van der Waals surface area contributed by atoms with Crippen molar-refractivity contribution in [2.24, 2.45) is 4.40 Å². The van der Waals surface area contributed by atoms with E-state index < -0.39 is 11.4 Å². The molecule has 108 valence electrons. The Morgan fingerprint density at radius 3 is 2.65 bits per heavy atom. The Bertz CT molecular complexity index is 673. The van der Waals surface area contributed by atoms with Crippen LogP contribution in [0.2, 0.25) is 0 Å². The van der Waals surface area contributed by atoms with Crippen LogP contribution in [0.5, 0.6) is 0 Å². The fourth-order valence-corrected chi connectivity index (χ4v) is 2.94. The average molecular weight is 356 g/mol. The standard InChI is InChI=1S/C14H18BrN3OS/c1-9-6-11(15)13-16-12(8-18(13)7-9)10(2)17-20(19)14(3,4)5/h6-8H,1-5H3/b17-10+. The molecule has 6 heteroatoms. The number of nitrogens with zero attached hydrogens (tertiary/aromatic N) is 3. The zero-order valence-electron chi connectivity index (χ0n) is 12.3. The Labute approximate surface area is 130 Å². The highest BCUT2D eigenvalue weighted by molar-refractivity contribution is 9.10. The lowest BCUT2D eigenvalue weighted by Gasteiger charge is -2.18. The van der Waals surface area contributed by atoms with E-state index in [1.165, 1.54) is 0 Å². The van der Waals surface area contributed by atoms with Crippen molar-refractivity contribution in [1.82, 2.24) is 9.38 Å². The maximum absolute atomic E-state index is 12.1. The molecule has 0 radical (unpaired) electrons. The molecule has 0 fully saturated rings. The van der Waals surface area contributed by atoms with Crippen LogP contribution in [-0.4, -0.2) is 24.4 Å². The molecule has 0 aliphatic heterocycles. The number of fused-ring (bicyclic) bond motifs is 1. The number of aryl methyl sites for hydroxylation is 1. The molecule has 1 atom stereocenters. The van der Waals surface area contributed by atoms with Gasteiger partial charge in [0.25, 0.3) is 0 Å². The van der Waals surface area contributed by atoms with Crippen molar-refractivity contribution in [1.29, 1.82) is 0 Å². The molecular weight excluding hydrogens is 338 g/mol. The summed E-state index contributed by atoms with van der Waals surface area (Å²) in [4.78, 5) is 4.54. The van der Waals surface area contributed by atoms with E-state index in [4.69, 9.17) is 0 Å². The highest BCUT2D eigenvalue weighted by Gasteiger charge is 2.27. The molecule has 0 aliphatic carbocycles. The molecule has 2 aromatic rings. The van der Waals surface area contributed by atoms with Crippen LogP contribution in [0.1, 0.15) is 39.0 Å². The van der Waals surface area contributed by atoms with Crippen LogP contribution in [0.4, 0.5) is 0 Å². The summed E-state index contributed by atoms with van der Waals surface area (Å²) in [6.07, 6.45) is 3.91. The van der Waals surface area contributed by atoms with Crippen molar-refractivity contribution in [2.45, 2.75) is 39.4 Å². The molecule has 2 aromatic heterocycles. The first kappa shape index (κ1) is 15.5. The summed E-state index contributed by atoms with van der Waals surface area (Å²) in [7, 11) is 0. The van der Waals surface area contributed by atoms with Gasteiger partial charge >= 0.3 is 0 Å². The molecule has 0 bridgehead atoms. The maximum atomic E-state index is 12.1. The summed E-state index contributed by atoms with van der Waals surface area (Å²) >= 11 is 2.24. The smallest absolute Gasteiger partial charge is 0.151 e. The monoisotopic (exact) mass is 355 g/mol. The van der Waals surface area contributed by atoms with Crippen molar-refractivity contribution in [3.8, 4) is 0 Å². The van der Waals surface area contributed by atoms with E-state index in [-0.39, 0.29) is 4.75 Å². The third-order valence-corrected chi connectivity index (χ3v) is 4.83.